The number of hydrogen-bond acceptors (Lipinski definition) is 3. The molecule has 17 heavy (non-hydrogen) atoms. The highest BCUT2D eigenvalue weighted by atomic mass is 19.1. The third-order valence-corrected chi connectivity index (χ3v) is 2.80. The number of nitrogens with zero attached hydrogens (tertiary/aromatic N) is 1. The van der Waals surface area contributed by atoms with Crippen LogP contribution in [0.5, 0.6) is 0 Å². The highest BCUT2D eigenvalue weighted by molar-refractivity contribution is 5.54. The number of rotatable bonds is 6. The van der Waals surface area contributed by atoms with Gasteiger partial charge in [0.15, 0.2) is 0 Å². The van der Waals surface area contributed by atoms with E-state index in [2.05, 4.69) is 4.90 Å². The first-order chi connectivity index (χ1) is 8.13. The van der Waals surface area contributed by atoms with Gasteiger partial charge in [0.25, 0.3) is 0 Å². The van der Waals surface area contributed by atoms with E-state index in [1.165, 1.54) is 12.1 Å². The molecule has 0 aromatic heterocycles. The van der Waals surface area contributed by atoms with Gasteiger partial charge in [-0.15, -0.1) is 0 Å². The summed E-state index contributed by atoms with van der Waals surface area (Å²) in [4.78, 5) is 2.09. The van der Waals surface area contributed by atoms with Crippen LogP contribution in [0.25, 0.3) is 0 Å². The average Bonchev–Trinajstić information content (AvgIpc) is 2.32. The molecule has 1 N–H and O–H groups in total. The molecule has 0 spiro atoms. The second-order valence-corrected chi connectivity index (χ2v) is 4.02. The number of benzene rings is 1. The summed E-state index contributed by atoms with van der Waals surface area (Å²) in [6.07, 6.45) is 0. The number of anilines is 1. The molecule has 1 unspecified atom stereocenters. The highest BCUT2D eigenvalue weighted by Gasteiger charge is 2.16. The summed E-state index contributed by atoms with van der Waals surface area (Å²) in [5.74, 6) is -0.326. The van der Waals surface area contributed by atoms with E-state index < -0.39 is 0 Å². The zero-order valence-corrected chi connectivity index (χ0v) is 10.6. The second kappa shape index (κ2) is 6.57. The fraction of sp³-hybridized carbons (Fsp3) is 0.538. The highest BCUT2D eigenvalue weighted by Crippen LogP contribution is 2.23. The predicted molar refractivity (Wildman–Crippen MR) is 66.7 cm³/mol. The van der Waals surface area contributed by atoms with Crippen LogP contribution in [0.3, 0.4) is 0 Å². The quantitative estimate of drug-likeness (QED) is 0.828. The van der Waals surface area contributed by atoms with Crippen molar-refractivity contribution in [3.63, 3.8) is 0 Å². The first kappa shape index (κ1) is 13.9. The van der Waals surface area contributed by atoms with Crippen LogP contribution in [0.1, 0.15) is 19.4 Å². The minimum atomic E-state index is -0.326. The van der Waals surface area contributed by atoms with E-state index in [4.69, 9.17) is 4.74 Å². The molecule has 1 atom stereocenters. The van der Waals surface area contributed by atoms with Crippen LogP contribution in [-0.2, 0) is 11.3 Å². The molecule has 0 fully saturated rings. The third kappa shape index (κ3) is 3.41. The number of aliphatic hydroxyl groups is 1. The van der Waals surface area contributed by atoms with Crippen molar-refractivity contribution in [1.82, 2.24) is 0 Å². The molecule has 3 nitrogen and oxygen atoms in total. The molecule has 0 saturated heterocycles. The lowest BCUT2D eigenvalue weighted by Gasteiger charge is -2.31. The molecular formula is C13H20FNO2. The van der Waals surface area contributed by atoms with Gasteiger partial charge in [0.2, 0.25) is 0 Å². The zero-order valence-electron chi connectivity index (χ0n) is 10.6. The van der Waals surface area contributed by atoms with Crippen molar-refractivity contribution in [3.05, 3.63) is 29.6 Å². The normalized spacial score (nSPS) is 12.5. The van der Waals surface area contributed by atoms with Crippen LogP contribution >= 0.6 is 0 Å². The Hall–Kier alpha value is -1.13. The Morgan fingerprint density at radius 1 is 1.47 bits per heavy atom. The van der Waals surface area contributed by atoms with Crippen molar-refractivity contribution in [1.29, 1.82) is 0 Å². The summed E-state index contributed by atoms with van der Waals surface area (Å²) in [5, 5.41) is 9.27. The van der Waals surface area contributed by atoms with Crippen molar-refractivity contribution in [2.45, 2.75) is 26.5 Å². The average molecular weight is 241 g/mol. The van der Waals surface area contributed by atoms with Crippen molar-refractivity contribution < 1.29 is 14.2 Å². The molecule has 0 radical (unpaired) electrons. The smallest absolute Gasteiger partial charge is 0.123 e. The fourth-order valence-electron chi connectivity index (χ4n) is 2.01. The summed E-state index contributed by atoms with van der Waals surface area (Å²) in [5.41, 5.74) is 1.47. The van der Waals surface area contributed by atoms with E-state index in [1.54, 1.807) is 13.2 Å². The van der Waals surface area contributed by atoms with Crippen LogP contribution in [0.15, 0.2) is 18.2 Å². The van der Waals surface area contributed by atoms with Gasteiger partial charge in [0.1, 0.15) is 5.82 Å². The van der Waals surface area contributed by atoms with Crippen LogP contribution < -0.4 is 4.90 Å². The first-order valence-electron chi connectivity index (χ1n) is 5.78. The summed E-state index contributed by atoms with van der Waals surface area (Å²) < 4.78 is 18.2. The van der Waals surface area contributed by atoms with E-state index in [0.717, 1.165) is 12.2 Å². The van der Waals surface area contributed by atoms with E-state index >= 15 is 0 Å². The lowest BCUT2D eigenvalue weighted by atomic mass is 10.1. The van der Waals surface area contributed by atoms with Gasteiger partial charge in [0, 0.05) is 30.9 Å². The maximum atomic E-state index is 13.1. The predicted octanol–water partition coefficient (Wildman–Crippen LogP) is 2.18. The minimum absolute atomic E-state index is 0.163. The molecule has 0 aliphatic heterocycles. The van der Waals surface area contributed by atoms with Gasteiger partial charge in [0.05, 0.1) is 13.2 Å². The Bertz CT molecular complexity index is 357. The number of aliphatic hydroxyl groups excluding tert-OH is 1. The molecule has 0 heterocycles. The van der Waals surface area contributed by atoms with Gasteiger partial charge in [-0.25, -0.2) is 4.39 Å². The zero-order chi connectivity index (χ0) is 12.8. The van der Waals surface area contributed by atoms with Crippen molar-refractivity contribution >= 4 is 5.69 Å². The largest absolute Gasteiger partial charge is 0.392 e. The van der Waals surface area contributed by atoms with E-state index in [1.807, 2.05) is 13.8 Å². The maximum Gasteiger partial charge on any atom is 0.123 e. The van der Waals surface area contributed by atoms with Gasteiger partial charge in [-0.2, -0.15) is 0 Å². The molecule has 1 aromatic rings. The Labute approximate surface area is 102 Å². The Balaban J connectivity index is 3.02. The van der Waals surface area contributed by atoms with Crippen molar-refractivity contribution in [2.75, 3.05) is 25.2 Å². The number of likely N-dealkylation sites (N-methyl/N-ethyl adjacent to an activating group) is 1. The Morgan fingerprint density at radius 3 is 2.71 bits per heavy atom. The molecule has 0 aliphatic carbocycles. The standard InChI is InChI=1S/C13H20FNO2/c1-4-15(10(2)9-17-3)13-6-5-12(14)7-11(13)8-16/h5-7,10,16H,4,8-9H2,1-3H3. The van der Waals surface area contributed by atoms with E-state index in [-0.39, 0.29) is 18.5 Å². The molecule has 0 saturated carbocycles. The summed E-state index contributed by atoms with van der Waals surface area (Å²) in [6.45, 7) is 5.27. The summed E-state index contributed by atoms with van der Waals surface area (Å²) >= 11 is 0. The molecule has 4 heteroatoms. The van der Waals surface area contributed by atoms with Gasteiger partial charge in [-0.05, 0) is 32.0 Å². The maximum absolute atomic E-state index is 13.1. The monoisotopic (exact) mass is 241 g/mol. The molecule has 0 aliphatic rings. The van der Waals surface area contributed by atoms with Gasteiger partial charge in [-0.1, -0.05) is 0 Å². The molecule has 1 aromatic carbocycles. The van der Waals surface area contributed by atoms with E-state index in [0.29, 0.717) is 12.2 Å². The van der Waals surface area contributed by atoms with E-state index in [9.17, 15) is 9.50 Å². The van der Waals surface area contributed by atoms with Gasteiger partial charge >= 0.3 is 0 Å². The third-order valence-electron chi connectivity index (χ3n) is 2.80. The molecule has 0 bridgehead atoms. The van der Waals surface area contributed by atoms with Gasteiger partial charge < -0.3 is 14.7 Å². The summed E-state index contributed by atoms with van der Waals surface area (Å²) in [6, 6.07) is 4.67. The second-order valence-electron chi connectivity index (χ2n) is 4.02. The lowest BCUT2D eigenvalue weighted by Crippen LogP contribution is -2.36. The summed E-state index contributed by atoms with van der Waals surface area (Å²) in [7, 11) is 1.65. The Morgan fingerprint density at radius 2 is 2.18 bits per heavy atom. The molecule has 96 valence electrons. The lowest BCUT2D eigenvalue weighted by molar-refractivity contribution is 0.181. The van der Waals surface area contributed by atoms with Crippen LogP contribution in [0, 0.1) is 5.82 Å². The molecular weight excluding hydrogens is 221 g/mol. The van der Waals surface area contributed by atoms with Crippen LogP contribution in [-0.4, -0.2) is 31.4 Å². The van der Waals surface area contributed by atoms with Crippen LogP contribution in [0.4, 0.5) is 10.1 Å². The molecule has 1 rings (SSSR count). The number of ether oxygens (including phenoxy) is 1. The Kier molecular flexibility index (Phi) is 5.38. The molecule has 0 amide bonds. The van der Waals surface area contributed by atoms with Crippen molar-refractivity contribution in [3.8, 4) is 0 Å². The van der Waals surface area contributed by atoms with Crippen LogP contribution in [0.2, 0.25) is 0 Å². The SMILES string of the molecule is CCN(c1ccc(F)cc1CO)C(C)COC. The minimum Gasteiger partial charge on any atom is -0.392 e. The topological polar surface area (TPSA) is 32.7 Å². The number of halogens is 1. The fourth-order valence-corrected chi connectivity index (χ4v) is 2.01. The number of methoxy groups -OCH3 is 1. The first-order valence-corrected chi connectivity index (χ1v) is 5.78. The van der Waals surface area contributed by atoms with Crippen molar-refractivity contribution in [2.24, 2.45) is 0 Å². The number of hydrogen-bond donors (Lipinski definition) is 1. The van der Waals surface area contributed by atoms with Gasteiger partial charge in [-0.3, -0.25) is 0 Å².